The van der Waals surface area contributed by atoms with Crippen LogP contribution in [0.1, 0.15) is 20.8 Å². The zero-order valence-electron chi connectivity index (χ0n) is 11.3. The number of carbonyl (C=O) groups excluding carboxylic acids is 1. The zero-order valence-corrected chi connectivity index (χ0v) is 13.7. The van der Waals surface area contributed by atoms with Crippen molar-refractivity contribution >= 4 is 44.6 Å². The van der Waals surface area contributed by atoms with Gasteiger partial charge in [-0.1, -0.05) is 11.6 Å². The molecule has 0 aliphatic carbocycles. The second kappa shape index (κ2) is 5.76. The minimum Gasteiger partial charge on any atom is -0.321 e. The number of anilines is 1. The van der Waals surface area contributed by atoms with E-state index in [9.17, 15) is 13.2 Å². The van der Waals surface area contributed by atoms with Crippen molar-refractivity contribution in [3.63, 3.8) is 0 Å². The molecular formula is C13H13ClN2O3S2. The molecule has 0 bridgehead atoms. The number of hydrogen-bond donors (Lipinski definition) is 2. The quantitative estimate of drug-likeness (QED) is 0.897. The molecule has 21 heavy (non-hydrogen) atoms. The number of rotatable bonds is 3. The van der Waals surface area contributed by atoms with Crippen molar-refractivity contribution in [2.24, 2.45) is 5.14 Å². The summed E-state index contributed by atoms with van der Waals surface area (Å²) in [6.45, 7) is 3.54. The third-order valence-corrected chi connectivity index (χ3v) is 5.14. The van der Waals surface area contributed by atoms with Gasteiger partial charge in [0.2, 0.25) is 10.0 Å². The van der Waals surface area contributed by atoms with E-state index in [1.165, 1.54) is 12.1 Å². The van der Waals surface area contributed by atoms with Crippen molar-refractivity contribution in [3.05, 3.63) is 44.6 Å². The summed E-state index contributed by atoms with van der Waals surface area (Å²) in [5, 5.41) is 7.82. The average Bonchev–Trinajstić information content (AvgIpc) is 2.80. The molecule has 2 aromatic rings. The average molecular weight is 345 g/mol. The van der Waals surface area contributed by atoms with Crippen molar-refractivity contribution in [1.82, 2.24) is 0 Å². The predicted octanol–water partition coefficient (Wildman–Crippen LogP) is 2.92. The minimum absolute atomic E-state index is 0.0369. The molecule has 0 unspecified atom stereocenters. The van der Waals surface area contributed by atoms with Gasteiger partial charge in [0.1, 0.15) is 0 Å². The lowest BCUT2D eigenvalue weighted by Crippen LogP contribution is -2.15. The molecule has 0 saturated carbocycles. The number of nitrogens with one attached hydrogen (secondary N) is 1. The highest BCUT2D eigenvalue weighted by molar-refractivity contribution is 7.89. The second-order valence-electron chi connectivity index (χ2n) is 4.52. The lowest BCUT2D eigenvalue weighted by Gasteiger charge is -2.12. The van der Waals surface area contributed by atoms with E-state index in [4.69, 9.17) is 16.7 Å². The molecule has 0 saturated heterocycles. The highest BCUT2D eigenvalue weighted by Crippen LogP contribution is 2.26. The summed E-state index contributed by atoms with van der Waals surface area (Å²) in [5.74, 6) is -0.346. The Morgan fingerprint density at radius 1 is 1.29 bits per heavy atom. The van der Waals surface area contributed by atoms with Crippen molar-refractivity contribution in [1.29, 1.82) is 0 Å². The van der Waals surface area contributed by atoms with Crippen LogP contribution in [0.2, 0.25) is 4.34 Å². The minimum atomic E-state index is -3.83. The Labute approximate surface area is 131 Å². The van der Waals surface area contributed by atoms with Crippen LogP contribution in [0.5, 0.6) is 0 Å². The van der Waals surface area contributed by atoms with Gasteiger partial charge in [-0.25, -0.2) is 13.6 Å². The van der Waals surface area contributed by atoms with Crippen molar-refractivity contribution < 1.29 is 13.2 Å². The molecule has 0 atom stereocenters. The molecule has 0 aliphatic rings. The summed E-state index contributed by atoms with van der Waals surface area (Å²) in [5.41, 5.74) is 1.91. The number of halogens is 1. The monoisotopic (exact) mass is 344 g/mol. The first-order chi connectivity index (χ1) is 9.68. The molecule has 1 aromatic carbocycles. The van der Waals surface area contributed by atoms with Crippen molar-refractivity contribution in [2.45, 2.75) is 18.7 Å². The van der Waals surface area contributed by atoms with Gasteiger partial charge in [-0.3, -0.25) is 4.79 Å². The van der Waals surface area contributed by atoms with Gasteiger partial charge in [-0.15, -0.1) is 11.3 Å². The Balaban J connectivity index is 2.40. The van der Waals surface area contributed by atoms with Gasteiger partial charge in [-0.2, -0.15) is 0 Å². The maximum Gasteiger partial charge on any atom is 0.265 e. The van der Waals surface area contributed by atoms with Crippen LogP contribution in [0.4, 0.5) is 5.69 Å². The maximum absolute atomic E-state index is 12.1. The number of aryl methyl sites for hydroxylation is 1. The van der Waals surface area contributed by atoms with Gasteiger partial charge in [0, 0.05) is 5.69 Å². The number of amides is 1. The summed E-state index contributed by atoms with van der Waals surface area (Å²) in [6, 6.07) is 6.06. The fraction of sp³-hybridized carbons (Fsp3) is 0.154. The molecule has 0 radical (unpaired) electrons. The topological polar surface area (TPSA) is 89.3 Å². The van der Waals surface area contributed by atoms with Crippen LogP contribution < -0.4 is 10.5 Å². The van der Waals surface area contributed by atoms with E-state index in [0.717, 1.165) is 22.5 Å². The molecule has 0 aliphatic heterocycles. The molecule has 0 fully saturated rings. The van der Waals surface area contributed by atoms with Crippen LogP contribution in [-0.4, -0.2) is 14.3 Å². The molecule has 1 heterocycles. The molecule has 3 N–H and O–H groups in total. The molecule has 112 valence electrons. The van der Waals surface area contributed by atoms with Crippen LogP contribution in [-0.2, 0) is 10.0 Å². The molecular weight excluding hydrogens is 332 g/mol. The maximum atomic E-state index is 12.1. The van der Waals surface area contributed by atoms with Crippen molar-refractivity contribution in [3.8, 4) is 0 Å². The molecule has 0 spiro atoms. The van der Waals surface area contributed by atoms with Crippen molar-refractivity contribution in [2.75, 3.05) is 5.32 Å². The van der Waals surface area contributed by atoms with Crippen LogP contribution in [0.15, 0.2) is 29.2 Å². The van der Waals surface area contributed by atoms with E-state index in [1.54, 1.807) is 26.0 Å². The normalized spacial score (nSPS) is 11.4. The van der Waals surface area contributed by atoms with Crippen LogP contribution in [0.25, 0.3) is 0 Å². The van der Waals surface area contributed by atoms with Gasteiger partial charge >= 0.3 is 0 Å². The third-order valence-electron chi connectivity index (χ3n) is 3.01. The van der Waals surface area contributed by atoms with E-state index in [0.29, 0.717) is 14.9 Å². The first-order valence-electron chi connectivity index (χ1n) is 5.89. The molecule has 1 aromatic heterocycles. The van der Waals surface area contributed by atoms with Crippen LogP contribution in [0, 0.1) is 13.8 Å². The second-order valence-corrected chi connectivity index (χ2v) is 7.79. The summed E-state index contributed by atoms with van der Waals surface area (Å²) in [4.78, 5) is 12.5. The van der Waals surface area contributed by atoms with E-state index < -0.39 is 10.0 Å². The smallest absolute Gasteiger partial charge is 0.265 e. The van der Waals surface area contributed by atoms with E-state index >= 15 is 0 Å². The van der Waals surface area contributed by atoms with Crippen LogP contribution >= 0.6 is 22.9 Å². The Morgan fingerprint density at radius 3 is 2.48 bits per heavy atom. The molecule has 1 amide bonds. The number of benzene rings is 1. The standard InChI is InChI=1S/C13H13ClN2O3S2/c1-7-5-9(21(15,18)19)6-10(8(7)2)16-13(17)11-3-4-12(14)20-11/h3-6H,1-2H3,(H,16,17)(H2,15,18,19). The first kappa shape index (κ1) is 16.0. The Morgan fingerprint density at radius 2 is 1.95 bits per heavy atom. The number of thiophene rings is 1. The molecule has 8 heteroatoms. The highest BCUT2D eigenvalue weighted by Gasteiger charge is 2.15. The fourth-order valence-electron chi connectivity index (χ4n) is 1.74. The van der Waals surface area contributed by atoms with E-state index in [-0.39, 0.29) is 10.8 Å². The lowest BCUT2D eigenvalue weighted by atomic mass is 10.1. The van der Waals surface area contributed by atoms with Gasteiger partial charge in [0.25, 0.3) is 5.91 Å². The van der Waals surface area contributed by atoms with Crippen LogP contribution in [0.3, 0.4) is 0 Å². The molecule has 5 nitrogen and oxygen atoms in total. The van der Waals surface area contributed by atoms with Gasteiger partial charge in [-0.05, 0) is 49.2 Å². The summed E-state index contributed by atoms with van der Waals surface area (Å²) < 4.78 is 23.4. The number of carbonyl (C=O) groups is 1. The number of nitrogens with two attached hydrogens (primary N) is 1. The zero-order chi connectivity index (χ0) is 15.8. The number of primary sulfonamides is 1. The first-order valence-corrected chi connectivity index (χ1v) is 8.63. The summed E-state index contributed by atoms with van der Waals surface area (Å²) >= 11 is 6.94. The van der Waals surface area contributed by atoms with E-state index in [1.807, 2.05) is 0 Å². The lowest BCUT2D eigenvalue weighted by molar-refractivity contribution is 0.103. The molecule has 2 rings (SSSR count). The Kier molecular flexibility index (Phi) is 4.38. The largest absolute Gasteiger partial charge is 0.321 e. The Bertz CT molecular complexity index is 813. The summed E-state index contributed by atoms with van der Waals surface area (Å²) in [6.07, 6.45) is 0. The van der Waals surface area contributed by atoms with Gasteiger partial charge in [0.05, 0.1) is 14.1 Å². The SMILES string of the molecule is Cc1cc(S(N)(=O)=O)cc(NC(=O)c2ccc(Cl)s2)c1C. The third kappa shape index (κ3) is 3.62. The number of hydrogen-bond acceptors (Lipinski definition) is 4. The Hall–Kier alpha value is -1.41. The fourth-order valence-corrected chi connectivity index (χ4v) is 3.30. The summed E-state index contributed by atoms with van der Waals surface area (Å²) in [7, 11) is -3.83. The van der Waals surface area contributed by atoms with Gasteiger partial charge < -0.3 is 5.32 Å². The van der Waals surface area contributed by atoms with Gasteiger partial charge in [0.15, 0.2) is 0 Å². The number of sulfonamides is 1. The highest BCUT2D eigenvalue weighted by atomic mass is 35.5. The van der Waals surface area contributed by atoms with E-state index in [2.05, 4.69) is 5.32 Å². The predicted molar refractivity (Wildman–Crippen MR) is 84.6 cm³/mol.